The van der Waals surface area contributed by atoms with Crippen molar-refractivity contribution >= 4 is 31.7 Å². The minimum absolute atomic E-state index is 0.0144. The molecule has 1 amide bonds. The maximum absolute atomic E-state index is 12.8. The van der Waals surface area contributed by atoms with Gasteiger partial charge in [-0.2, -0.15) is 4.31 Å². The van der Waals surface area contributed by atoms with Gasteiger partial charge in [0, 0.05) is 12.6 Å². The lowest BCUT2D eigenvalue weighted by molar-refractivity contribution is -0.121. The molecule has 0 aromatic heterocycles. The van der Waals surface area contributed by atoms with E-state index in [0.717, 1.165) is 4.31 Å². The van der Waals surface area contributed by atoms with E-state index in [2.05, 4.69) is 5.32 Å². The molecular formula is C17H24N2O7S2. The smallest absolute Gasteiger partial charge is 0.338 e. The summed E-state index contributed by atoms with van der Waals surface area (Å²) in [6, 6.07) is 4.77. The lowest BCUT2D eigenvalue weighted by Gasteiger charge is -2.21. The number of nitrogens with one attached hydrogen (secondary N) is 1. The van der Waals surface area contributed by atoms with Gasteiger partial charge in [-0.1, -0.05) is 6.92 Å². The normalized spacial score (nSPS) is 18.8. The lowest BCUT2D eigenvalue weighted by atomic mass is 10.2. The van der Waals surface area contributed by atoms with Crippen molar-refractivity contribution < 1.29 is 31.2 Å². The Morgan fingerprint density at radius 1 is 1.21 bits per heavy atom. The lowest BCUT2D eigenvalue weighted by Crippen LogP contribution is -2.44. The minimum atomic E-state index is -3.96. The summed E-state index contributed by atoms with van der Waals surface area (Å²) in [4.78, 5) is 23.8. The molecule has 28 heavy (non-hydrogen) atoms. The summed E-state index contributed by atoms with van der Waals surface area (Å²) >= 11 is 0. The highest BCUT2D eigenvalue weighted by atomic mass is 32.2. The third-order valence-electron chi connectivity index (χ3n) is 4.27. The van der Waals surface area contributed by atoms with Crippen molar-refractivity contribution in [2.45, 2.75) is 31.2 Å². The average molecular weight is 433 g/mol. The molecular weight excluding hydrogens is 408 g/mol. The van der Waals surface area contributed by atoms with Gasteiger partial charge in [0.2, 0.25) is 15.9 Å². The SMILES string of the molecule is CCOC(=O)c1ccc(S(=O)(=O)N(CC)CC(=O)NC2CCS(=O)(=O)C2)cc1. The van der Waals surface area contributed by atoms with Crippen LogP contribution < -0.4 is 5.32 Å². The zero-order valence-corrected chi connectivity index (χ0v) is 17.4. The van der Waals surface area contributed by atoms with Crippen molar-refractivity contribution in [1.29, 1.82) is 0 Å². The van der Waals surface area contributed by atoms with Crippen molar-refractivity contribution in [3.8, 4) is 0 Å². The van der Waals surface area contributed by atoms with Crippen LogP contribution in [0.4, 0.5) is 0 Å². The van der Waals surface area contributed by atoms with E-state index in [0.29, 0.717) is 6.42 Å². The molecule has 2 rings (SSSR count). The number of carbonyl (C=O) groups is 2. The van der Waals surface area contributed by atoms with Crippen LogP contribution in [0, 0.1) is 0 Å². The predicted molar refractivity (Wildman–Crippen MR) is 102 cm³/mol. The Morgan fingerprint density at radius 2 is 1.86 bits per heavy atom. The molecule has 1 saturated heterocycles. The second-order valence-electron chi connectivity index (χ2n) is 6.34. The van der Waals surface area contributed by atoms with E-state index in [1.165, 1.54) is 24.3 Å². The van der Waals surface area contributed by atoms with Gasteiger partial charge in [-0.3, -0.25) is 4.79 Å². The molecule has 0 spiro atoms. The van der Waals surface area contributed by atoms with E-state index < -0.39 is 44.3 Å². The van der Waals surface area contributed by atoms with Gasteiger partial charge in [-0.05, 0) is 37.6 Å². The molecule has 9 nitrogen and oxygen atoms in total. The fraction of sp³-hybridized carbons (Fsp3) is 0.529. The van der Waals surface area contributed by atoms with Gasteiger partial charge >= 0.3 is 5.97 Å². The molecule has 1 aromatic rings. The van der Waals surface area contributed by atoms with Crippen molar-refractivity contribution in [2.24, 2.45) is 0 Å². The molecule has 1 fully saturated rings. The number of hydrogen-bond donors (Lipinski definition) is 1. The minimum Gasteiger partial charge on any atom is -0.462 e. The van der Waals surface area contributed by atoms with Gasteiger partial charge in [0.15, 0.2) is 9.84 Å². The summed E-state index contributed by atoms with van der Waals surface area (Å²) < 4.78 is 54.4. The van der Waals surface area contributed by atoms with Gasteiger partial charge in [-0.25, -0.2) is 21.6 Å². The summed E-state index contributed by atoms with van der Waals surface area (Å²) in [5, 5.41) is 2.58. The van der Waals surface area contributed by atoms with Crippen molar-refractivity contribution in [3.63, 3.8) is 0 Å². The van der Waals surface area contributed by atoms with Crippen molar-refractivity contribution in [3.05, 3.63) is 29.8 Å². The zero-order valence-electron chi connectivity index (χ0n) is 15.8. The number of sulfonamides is 1. The summed E-state index contributed by atoms with van der Waals surface area (Å²) in [5.41, 5.74) is 0.226. The number of nitrogens with zero attached hydrogens (tertiary/aromatic N) is 1. The molecule has 0 bridgehead atoms. The molecule has 1 N–H and O–H groups in total. The standard InChI is InChI=1S/C17H24N2O7S2/c1-3-19(11-16(20)18-14-9-10-27(22,23)12-14)28(24,25)15-7-5-13(6-8-15)17(21)26-4-2/h5-8,14H,3-4,9-12H2,1-2H3,(H,18,20). The molecule has 0 saturated carbocycles. The monoisotopic (exact) mass is 432 g/mol. The molecule has 1 heterocycles. The van der Waals surface area contributed by atoms with E-state index in [1.807, 2.05) is 0 Å². The van der Waals surface area contributed by atoms with Crippen LogP contribution in [0.1, 0.15) is 30.6 Å². The third-order valence-corrected chi connectivity index (χ3v) is 7.98. The number of benzene rings is 1. The maximum atomic E-state index is 12.8. The number of sulfone groups is 1. The van der Waals surface area contributed by atoms with E-state index >= 15 is 0 Å². The summed E-state index contributed by atoms with van der Waals surface area (Å²) in [7, 11) is -7.10. The number of hydrogen-bond acceptors (Lipinski definition) is 7. The highest BCUT2D eigenvalue weighted by Crippen LogP contribution is 2.17. The number of rotatable bonds is 8. The molecule has 1 aliphatic heterocycles. The van der Waals surface area contributed by atoms with E-state index in [9.17, 15) is 26.4 Å². The molecule has 0 aliphatic carbocycles. The first kappa shape index (κ1) is 22.3. The predicted octanol–water partition coefficient (Wildman–Crippen LogP) is 0.177. The summed E-state index contributed by atoms with van der Waals surface area (Å²) in [6.45, 7) is 3.10. The van der Waals surface area contributed by atoms with Crippen LogP contribution in [0.15, 0.2) is 29.2 Å². The maximum Gasteiger partial charge on any atom is 0.338 e. The first-order valence-corrected chi connectivity index (χ1v) is 12.1. The Labute approximate surface area is 165 Å². The molecule has 1 unspecified atom stereocenters. The number of likely N-dealkylation sites (N-methyl/N-ethyl adjacent to an activating group) is 1. The molecule has 156 valence electrons. The van der Waals surface area contributed by atoms with E-state index in [4.69, 9.17) is 4.74 Å². The van der Waals surface area contributed by atoms with Gasteiger partial charge in [0.1, 0.15) is 0 Å². The van der Waals surface area contributed by atoms with Crippen molar-refractivity contribution in [1.82, 2.24) is 9.62 Å². The largest absolute Gasteiger partial charge is 0.462 e. The average Bonchev–Trinajstić information content (AvgIpc) is 2.98. The molecule has 1 atom stereocenters. The molecule has 11 heteroatoms. The van der Waals surface area contributed by atoms with Gasteiger partial charge in [-0.15, -0.1) is 0 Å². The van der Waals surface area contributed by atoms with Gasteiger partial charge < -0.3 is 10.1 Å². The number of carbonyl (C=O) groups excluding carboxylic acids is 2. The first-order valence-electron chi connectivity index (χ1n) is 8.86. The summed E-state index contributed by atoms with van der Waals surface area (Å²) in [5.74, 6) is -1.23. The van der Waals surface area contributed by atoms with Crippen LogP contribution in [0.5, 0.6) is 0 Å². The molecule has 1 aromatic carbocycles. The molecule has 0 radical (unpaired) electrons. The third kappa shape index (κ3) is 5.52. The highest BCUT2D eigenvalue weighted by Gasteiger charge is 2.31. The molecule has 1 aliphatic rings. The van der Waals surface area contributed by atoms with Crippen LogP contribution in [0.2, 0.25) is 0 Å². The van der Waals surface area contributed by atoms with Crippen molar-refractivity contribution in [2.75, 3.05) is 31.2 Å². The van der Waals surface area contributed by atoms with Crippen LogP contribution in [0.25, 0.3) is 0 Å². The van der Waals surface area contributed by atoms with Gasteiger partial charge in [0.25, 0.3) is 0 Å². The number of ether oxygens (including phenoxy) is 1. The Hall–Kier alpha value is -1.98. The van der Waals surface area contributed by atoms with Crippen LogP contribution in [0.3, 0.4) is 0 Å². The zero-order chi connectivity index (χ0) is 20.9. The second-order valence-corrected chi connectivity index (χ2v) is 10.5. The van der Waals surface area contributed by atoms with Crippen LogP contribution in [-0.2, 0) is 29.4 Å². The summed E-state index contributed by atoms with van der Waals surface area (Å²) in [6.07, 6.45) is 0.322. The van der Waals surface area contributed by atoms with Gasteiger partial charge in [0.05, 0.1) is 35.1 Å². The first-order chi connectivity index (χ1) is 13.1. The number of amides is 1. The topological polar surface area (TPSA) is 127 Å². The highest BCUT2D eigenvalue weighted by molar-refractivity contribution is 7.91. The van der Waals surface area contributed by atoms with E-state index in [-0.39, 0.29) is 35.1 Å². The quantitative estimate of drug-likeness (QED) is 0.581. The Kier molecular flexibility index (Phi) is 7.18. The number of esters is 1. The second kappa shape index (κ2) is 9.01. The Balaban J connectivity index is 2.07. The van der Waals surface area contributed by atoms with Crippen LogP contribution >= 0.6 is 0 Å². The van der Waals surface area contributed by atoms with E-state index in [1.54, 1.807) is 13.8 Å². The fourth-order valence-corrected chi connectivity index (χ4v) is 5.91. The Bertz CT molecular complexity index is 925. The Morgan fingerprint density at radius 3 is 2.36 bits per heavy atom. The van der Waals surface area contributed by atoms with Crippen LogP contribution in [-0.4, -0.2) is 70.3 Å². The fourth-order valence-electron chi connectivity index (χ4n) is 2.84.